The van der Waals surface area contributed by atoms with Crippen LogP contribution in [0.1, 0.15) is 0 Å². The summed E-state index contributed by atoms with van der Waals surface area (Å²) in [5, 5.41) is 8.50. The van der Waals surface area contributed by atoms with Gasteiger partial charge in [0.25, 0.3) is 0 Å². The second-order valence-electron chi connectivity index (χ2n) is 11.5. The van der Waals surface area contributed by atoms with Gasteiger partial charge in [0.1, 0.15) is 17.0 Å². The molecule has 0 bridgehead atoms. The highest BCUT2D eigenvalue weighted by Gasteiger charge is 2.19. The summed E-state index contributed by atoms with van der Waals surface area (Å²) in [6.07, 6.45) is 0. The van der Waals surface area contributed by atoms with Crippen LogP contribution < -0.4 is 4.90 Å². The number of para-hydroxylation sites is 1. The van der Waals surface area contributed by atoms with Gasteiger partial charge in [0.15, 0.2) is 0 Å². The molecule has 0 aliphatic carbocycles. The normalized spacial score (nSPS) is 11.7. The Balaban J connectivity index is 1.27. The van der Waals surface area contributed by atoms with Crippen LogP contribution in [0.2, 0.25) is 0 Å². The van der Waals surface area contributed by atoms with Gasteiger partial charge in [-0.3, -0.25) is 0 Å². The smallest absolute Gasteiger partial charge is 0.137 e. The summed E-state index contributed by atoms with van der Waals surface area (Å²) in [5.41, 5.74) is 6.86. The molecule has 8 aromatic carbocycles. The van der Waals surface area contributed by atoms with Crippen LogP contribution in [-0.4, -0.2) is 0 Å². The molecule has 0 spiro atoms. The SMILES string of the molecule is Fc1ccc(-c2ccc(N(c3ccc4c(c3)oc3ccccc34)c3cc4ccccc4c4ccccc34)cc2)c2ccccc12. The van der Waals surface area contributed by atoms with Gasteiger partial charge in [0, 0.05) is 39.0 Å². The molecule has 0 N–H and O–H groups in total. The molecule has 9 rings (SSSR count). The van der Waals surface area contributed by atoms with Gasteiger partial charge in [-0.25, -0.2) is 4.39 Å². The van der Waals surface area contributed by atoms with Crippen LogP contribution in [0.3, 0.4) is 0 Å². The molecule has 0 saturated heterocycles. The van der Waals surface area contributed by atoms with Crippen molar-refractivity contribution < 1.29 is 8.81 Å². The number of halogens is 1. The highest BCUT2D eigenvalue weighted by molar-refractivity contribution is 6.15. The van der Waals surface area contributed by atoms with E-state index in [1.54, 1.807) is 6.07 Å². The lowest BCUT2D eigenvalue weighted by atomic mass is 9.97. The number of benzene rings is 8. The molecule has 0 fully saturated rings. The average molecular weight is 580 g/mol. The highest BCUT2D eigenvalue weighted by atomic mass is 19.1. The number of hydrogen-bond acceptors (Lipinski definition) is 2. The molecular formula is C42H26FNO. The van der Waals surface area contributed by atoms with Crippen molar-refractivity contribution >= 4 is 71.3 Å². The minimum Gasteiger partial charge on any atom is -0.456 e. The maximum absolute atomic E-state index is 14.6. The molecule has 0 radical (unpaired) electrons. The zero-order valence-electron chi connectivity index (χ0n) is 24.2. The number of furan rings is 1. The Labute approximate surface area is 259 Å². The minimum atomic E-state index is -0.207. The molecule has 45 heavy (non-hydrogen) atoms. The monoisotopic (exact) mass is 579 g/mol. The van der Waals surface area contributed by atoms with E-state index in [0.717, 1.165) is 60.9 Å². The fourth-order valence-corrected chi connectivity index (χ4v) is 6.80. The van der Waals surface area contributed by atoms with Crippen LogP contribution in [0.25, 0.3) is 65.4 Å². The van der Waals surface area contributed by atoms with E-state index in [1.165, 1.54) is 16.2 Å². The molecular weight excluding hydrogens is 553 g/mol. The second kappa shape index (κ2) is 10.1. The quantitative estimate of drug-likeness (QED) is 0.193. The van der Waals surface area contributed by atoms with Gasteiger partial charge < -0.3 is 9.32 Å². The van der Waals surface area contributed by atoms with Crippen molar-refractivity contribution in [3.63, 3.8) is 0 Å². The van der Waals surface area contributed by atoms with Crippen molar-refractivity contribution in [3.8, 4) is 11.1 Å². The predicted octanol–water partition coefficient (Wildman–Crippen LogP) is 12.3. The minimum absolute atomic E-state index is 0.207. The summed E-state index contributed by atoms with van der Waals surface area (Å²) in [6, 6.07) is 53.7. The topological polar surface area (TPSA) is 16.4 Å². The summed E-state index contributed by atoms with van der Waals surface area (Å²) in [5.74, 6) is -0.207. The van der Waals surface area contributed by atoms with E-state index in [0.29, 0.717) is 5.39 Å². The van der Waals surface area contributed by atoms with Crippen LogP contribution in [0.5, 0.6) is 0 Å². The van der Waals surface area contributed by atoms with Crippen molar-refractivity contribution in [2.75, 3.05) is 4.90 Å². The standard InChI is InChI=1S/C42H26FNO/c43-39-24-23-32(33-11-3-5-13-35(33)39)27-17-19-29(20-18-27)44(30-21-22-38-37-15-7-8-16-41(37)45-42(38)26-30)40-25-28-9-1-2-10-31(28)34-12-4-6-14-36(34)40/h1-26H. The lowest BCUT2D eigenvalue weighted by Crippen LogP contribution is -2.10. The van der Waals surface area contributed by atoms with E-state index < -0.39 is 0 Å². The third-order valence-corrected chi connectivity index (χ3v) is 8.92. The van der Waals surface area contributed by atoms with Gasteiger partial charge >= 0.3 is 0 Å². The average Bonchev–Trinajstić information content (AvgIpc) is 3.47. The summed E-state index contributed by atoms with van der Waals surface area (Å²) in [7, 11) is 0. The van der Waals surface area contributed by atoms with E-state index >= 15 is 0 Å². The van der Waals surface area contributed by atoms with E-state index in [4.69, 9.17) is 4.42 Å². The van der Waals surface area contributed by atoms with E-state index in [2.05, 4.69) is 108 Å². The molecule has 0 aliphatic heterocycles. The number of hydrogen-bond donors (Lipinski definition) is 0. The Morgan fingerprint density at radius 3 is 1.87 bits per heavy atom. The molecule has 0 saturated carbocycles. The molecule has 212 valence electrons. The molecule has 1 aromatic heterocycles. The summed E-state index contributed by atoms with van der Waals surface area (Å²) < 4.78 is 21.0. The first-order valence-corrected chi connectivity index (χ1v) is 15.1. The predicted molar refractivity (Wildman–Crippen MR) is 186 cm³/mol. The van der Waals surface area contributed by atoms with Crippen molar-refractivity contribution in [2.45, 2.75) is 0 Å². The maximum Gasteiger partial charge on any atom is 0.137 e. The molecule has 0 amide bonds. The molecule has 0 aliphatic rings. The number of rotatable bonds is 4. The first-order chi connectivity index (χ1) is 22.2. The van der Waals surface area contributed by atoms with Gasteiger partial charge in [-0.1, -0.05) is 109 Å². The van der Waals surface area contributed by atoms with Crippen LogP contribution >= 0.6 is 0 Å². The van der Waals surface area contributed by atoms with Crippen LogP contribution in [0, 0.1) is 5.82 Å². The number of nitrogens with zero attached hydrogens (tertiary/aromatic N) is 1. The second-order valence-corrected chi connectivity index (χ2v) is 11.5. The molecule has 3 heteroatoms. The van der Waals surface area contributed by atoms with Gasteiger partial charge in [0.2, 0.25) is 0 Å². The Bertz CT molecular complexity index is 2560. The maximum atomic E-state index is 14.6. The molecule has 0 unspecified atom stereocenters. The Kier molecular flexibility index (Phi) is 5.72. The van der Waals surface area contributed by atoms with Crippen molar-refractivity contribution in [3.05, 3.63) is 164 Å². The van der Waals surface area contributed by atoms with Crippen molar-refractivity contribution in [1.29, 1.82) is 0 Å². The van der Waals surface area contributed by atoms with Gasteiger partial charge in [-0.05, 0) is 75.1 Å². The van der Waals surface area contributed by atoms with Crippen LogP contribution in [0.15, 0.2) is 162 Å². The van der Waals surface area contributed by atoms with Gasteiger partial charge in [-0.15, -0.1) is 0 Å². The van der Waals surface area contributed by atoms with Gasteiger partial charge in [-0.2, -0.15) is 0 Å². The molecule has 2 nitrogen and oxygen atoms in total. The van der Waals surface area contributed by atoms with Crippen molar-refractivity contribution in [1.82, 2.24) is 0 Å². The van der Waals surface area contributed by atoms with Crippen molar-refractivity contribution in [2.24, 2.45) is 0 Å². The zero-order chi connectivity index (χ0) is 29.9. The Morgan fingerprint density at radius 1 is 0.422 bits per heavy atom. The van der Waals surface area contributed by atoms with E-state index in [9.17, 15) is 4.39 Å². The van der Waals surface area contributed by atoms with E-state index in [-0.39, 0.29) is 5.82 Å². The van der Waals surface area contributed by atoms with Gasteiger partial charge in [0.05, 0.1) is 5.69 Å². The van der Waals surface area contributed by atoms with Crippen LogP contribution in [0.4, 0.5) is 21.5 Å². The fourth-order valence-electron chi connectivity index (χ4n) is 6.80. The lowest BCUT2D eigenvalue weighted by Gasteiger charge is -2.28. The Hall–Kier alpha value is -5.93. The summed E-state index contributed by atoms with van der Waals surface area (Å²) in [6.45, 7) is 0. The van der Waals surface area contributed by atoms with E-state index in [1.807, 2.05) is 48.5 Å². The number of anilines is 3. The number of fused-ring (bicyclic) bond motifs is 7. The summed E-state index contributed by atoms with van der Waals surface area (Å²) >= 11 is 0. The zero-order valence-corrected chi connectivity index (χ0v) is 24.2. The highest BCUT2D eigenvalue weighted by Crippen LogP contribution is 2.44. The molecule has 1 heterocycles. The summed E-state index contributed by atoms with van der Waals surface area (Å²) in [4.78, 5) is 2.31. The fraction of sp³-hybridized carbons (Fsp3) is 0. The largest absolute Gasteiger partial charge is 0.456 e. The Morgan fingerprint density at radius 2 is 1.04 bits per heavy atom. The third kappa shape index (κ3) is 4.09. The molecule has 9 aromatic rings. The molecule has 0 atom stereocenters. The third-order valence-electron chi connectivity index (χ3n) is 8.92. The van der Waals surface area contributed by atoms with Crippen LogP contribution in [-0.2, 0) is 0 Å². The first-order valence-electron chi connectivity index (χ1n) is 15.1. The first kappa shape index (κ1) is 25.6. The lowest BCUT2D eigenvalue weighted by molar-refractivity contribution is 0.640.